The topological polar surface area (TPSA) is 43.7 Å². The molecule has 0 fully saturated rings. The van der Waals surface area contributed by atoms with Crippen molar-refractivity contribution in [3.8, 4) is 0 Å². The van der Waals surface area contributed by atoms with Gasteiger partial charge in [0.25, 0.3) is 0 Å². The van der Waals surface area contributed by atoms with Gasteiger partial charge in [0.05, 0.1) is 11.7 Å². The third-order valence-electron chi connectivity index (χ3n) is 3.36. The molecule has 20 heavy (non-hydrogen) atoms. The van der Waals surface area contributed by atoms with Crippen LogP contribution in [0.4, 0.5) is 4.39 Å². The van der Waals surface area contributed by atoms with Crippen LogP contribution in [0.1, 0.15) is 44.4 Å². The Morgan fingerprint density at radius 1 is 1.35 bits per heavy atom. The molecule has 1 atom stereocenters. The Morgan fingerprint density at radius 3 is 2.50 bits per heavy atom. The lowest BCUT2D eigenvalue weighted by atomic mass is 10.0. The molecule has 0 saturated carbocycles. The second-order valence-electron chi connectivity index (χ2n) is 5.99. The van der Waals surface area contributed by atoms with Crippen molar-refractivity contribution in [3.63, 3.8) is 0 Å². The van der Waals surface area contributed by atoms with Crippen LogP contribution in [0, 0.1) is 12.7 Å². The summed E-state index contributed by atoms with van der Waals surface area (Å²) < 4.78 is 13.5. The largest absolute Gasteiger partial charge is 0.389 e. The van der Waals surface area contributed by atoms with E-state index in [9.17, 15) is 14.6 Å². The van der Waals surface area contributed by atoms with Gasteiger partial charge in [0.15, 0.2) is 0 Å². The highest BCUT2D eigenvalue weighted by Crippen LogP contribution is 2.20. The second-order valence-corrected chi connectivity index (χ2v) is 5.99. The molecule has 3 nitrogen and oxygen atoms in total. The summed E-state index contributed by atoms with van der Waals surface area (Å²) in [7, 11) is 0. The van der Waals surface area contributed by atoms with Crippen LogP contribution in [0.2, 0.25) is 0 Å². The summed E-state index contributed by atoms with van der Waals surface area (Å²) in [5, 5.41) is 19.9. The van der Waals surface area contributed by atoms with Crippen molar-refractivity contribution in [2.24, 2.45) is 0 Å². The zero-order valence-electron chi connectivity index (χ0n) is 12.9. The minimum absolute atomic E-state index is 0.287. The SMILES string of the molecule is CCN(CCC(O)c1ccc(C)c(F)c1)CC(C)(C)O. The fourth-order valence-corrected chi connectivity index (χ4v) is 2.18. The first kappa shape index (κ1) is 17.1. The molecule has 0 heterocycles. The van der Waals surface area contributed by atoms with Crippen molar-refractivity contribution in [3.05, 3.63) is 35.1 Å². The van der Waals surface area contributed by atoms with Crippen molar-refractivity contribution < 1.29 is 14.6 Å². The van der Waals surface area contributed by atoms with Crippen molar-refractivity contribution >= 4 is 0 Å². The molecular formula is C16H26FNO2. The van der Waals surface area contributed by atoms with Crippen LogP contribution in [0.25, 0.3) is 0 Å². The van der Waals surface area contributed by atoms with E-state index >= 15 is 0 Å². The molecule has 1 unspecified atom stereocenters. The summed E-state index contributed by atoms with van der Waals surface area (Å²) in [4.78, 5) is 2.08. The number of halogens is 1. The molecule has 0 aromatic heterocycles. The van der Waals surface area contributed by atoms with Gasteiger partial charge in [-0.3, -0.25) is 0 Å². The molecule has 0 aliphatic carbocycles. The van der Waals surface area contributed by atoms with Crippen molar-refractivity contribution in [1.82, 2.24) is 4.90 Å². The molecule has 4 heteroatoms. The number of benzene rings is 1. The van der Waals surface area contributed by atoms with Gasteiger partial charge in [0, 0.05) is 13.1 Å². The van der Waals surface area contributed by atoms with Crippen LogP contribution in [0.15, 0.2) is 18.2 Å². The highest BCUT2D eigenvalue weighted by Gasteiger charge is 2.18. The molecule has 0 bridgehead atoms. The van der Waals surface area contributed by atoms with Crippen LogP contribution in [0.5, 0.6) is 0 Å². The van der Waals surface area contributed by atoms with E-state index < -0.39 is 11.7 Å². The van der Waals surface area contributed by atoms with E-state index in [-0.39, 0.29) is 5.82 Å². The second kappa shape index (κ2) is 7.16. The van der Waals surface area contributed by atoms with Gasteiger partial charge in [-0.05, 0) is 50.9 Å². The number of rotatable bonds is 7. The molecule has 1 aromatic carbocycles. The number of likely N-dealkylation sites (N-methyl/N-ethyl adjacent to an activating group) is 1. The summed E-state index contributed by atoms with van der Waals surface area (Å²) in [5.41, 5.74) is 0.433. The smallest absolute Gasteiger partial charge is 0.126 e. The summed E-state index contributed by atoms with van der Waals surface area (Å²) in [6.45, 7) is 9.27. The van der Waals surface area contributed by atoms with Crippen molar-refractivity contribution in [2.45, 2.75) is 45.8 Å². The number of aliphatic hydroxyl groups excluding tert-OH is 1. The lowest BCUT2D eigenvalue weighted by molar-refractivity contribution is 0.0321. The molecule has 0 spiro atoms. The molecule has 1 aromatic rings. The number of hydrogen-bond donors (Lipinski definition) is 2. The normalized spacial score (nSPS) is 13.8. The fourth-order valence-electron chi connectivity index (χ4n) is 2.18. The fraction of sp³-hybridized carbons (Fsp3) is 0.625. The lowest BCUT2D eigenvalue weighted by Gasteiger charge is -2.28. The van der Waals surface area contributed by atoms with Crippen LogP contribution >= 0.6 is 0 Å². The quantitative estimate of drug-likeness (QED) is 0.808. The van der Waals surface area contributed by atoms with E-state index in [0.717, 1.165) is 6.54 Å². The molecule has 2 N–H and O–H groups in total. The minimum Gasteiger partial charge on any atom is -0.389 e. The zero-order valence-corrected chi connectivity index (χ0v) is 12.9. The van der Waals surface area contributed by atoms with Gasteiger partial charge in [-0.2, -0.15) is 0 Å². The Balaban J connectivity index is 2.57. The molecule has 0 aliphatic rings. The van der Waals surface area contributed by atoms with Crippen LogP contribution in [-0.2, 0) is 0 Å². The van der Waals surface area contributed by atoms with Gasteiger partial charge in [-0.1, -0.05) is 19.1 Å². The van der Waals surface area contributed by atoms with Crippen molar-refractivity contribution in [2.75, 3.05) is 19.6 Å². The maximum absolute atomic E-state index is 13.5. The third kappa shape index (κ3) is 5.57. The summed E-state index contributed by atoms with van der Waals surface area (Å²) >= 11 is 0. The first-order valence-electron chi connectivity index (χ1n) is 7.12. The van der Waals surface area contributed by atoms with E-state index in [4.69, 9.17) is 0 Å². The maximum Gasteiger partial charge on any atom is 0.126 e. The van der Waals surface area contributed by atoms with E-state index in [0.29, 0.717) is 30.6 Å². The Labute approximate surface area is 121 Å². The molecule has 0 aliphatic heterocycles. The predicted octanol–water partition coefficient (Wildman–Crippen LogP) is 2.65. The standard InChI is InChI=1S/C16H26FNO2/c1-5-18(11-16(3,4)20)9-8-15(19)13-7-6-12(2)14(17)10-13/h6-7,10,15,19-20H,5,8-9,11H2,1-4H3. The molecule has 1 rings (SSSR count). The Kier molecular flexibility index (Phi) is 6.11. The Hall–Kier alpha value is -0.970. The van der Waals surface area contributed by atoms with Gasteiger partial charge >= 0.3 is 0 Å². The monoisotopic (exact) mass is 283 g/mol. The minimum atomic E-state index is -0.753. The number of aliphatic hydroxyl groups is 2. The number of hydrogen-bond acceptors (Lipinski definition) is 3. The lowest BCUT2D eigenvalue weighted by Crippen LogP contribution is -2.39. The van der Waals surface area contributed by atoms with E-state index in [1.54, 1.807) is 32.9 Å². The highest BCUT2D eigenvalue weighted by atomic mass is 19.1. The zero-order chi connectivity index (χ0) is 15.3. The molecule has 0 amide bonds. The maximum atomic E-state index is 13.5. The summed E-state index contributed by atoms with van der Waals surface area (Å²) in [5.74, 6) is -0.287. The first-order valence-corrected chi connectivity index (χ1v) is 7.12. The van der Waals surface area contributed by atoms with Crippen LogP contribution < -0.4 is 0 Å². The highest BCUT2D eigenvalue weighted by molar-refractivity contribution is 5.24. The van der Waals surface area contributed by atoms with Crippen LogP contribution in [-0.4, -0.2) is 40.3 Å². The third-order valence-corrected chi connectivity index (χ3v) is 3.36. The number of aryl methyl sites for hydroxylation is 1. The summed E-state index contributed by atoms with van der Waals surface area (Å²) in [6.07, 6.45) is -0.159. The molecule has 0 radical (unpaired) electrons. The van der Waals surface area contributed by atoms with Crippen LogP contribution in [0.3, 0.4) is 0 Å². The van der Waals surface area contributed by atoms with E-state index in [1.807, 2.05) is 6.92 Å². The first-order chi connectivity index (χ1) is 9.23. The molecular weight excluding hydrogens is 257 g/mol. The van der Waals surface area contributed by atoms with Gasteiger partial charge in [-0.15, -0.1) is 0 Å². The molecule has 114 valence electrons. The average molecular weight is 283 g/mol. The Bertz CT molecular complexity index is 429. The van der Waals surface area contributed by atoms with Crippen molar-refractivity contribution in [1.29, 1.82) is 0 Å². The van der Waals surface area contributed by atoms with E-state index in [2.05, 4.69) is 4.90 Å². The van der Waals surface area contributed by atoms with Gasteiger partial charge in [0.1, 0.15) is 5.82 Å². The van der Waals surface area contributed by atoms with Gasteiger partial charge in [-0.25, -0.2) is 4.39 Å². The average Bonchev–Trinajstić information content (AvgIpc) is 2.36. The van der Waals surface area contributed by atoms with Gasteiger partial charge < -0.3 is 15.1 Å². The van der Waals surface area contributed by atoms with Gasteiger partial charge in [0.2, 0.25) is 0 Å². The Morgan fingerprint density at radius 2 is 2.00 bits per heavy atom. The number of nitrogens with zero attached hydrogens (tertiary/aromatic N) is 1. The van der Waals surface area contributed by atoms with E-state index in [1.165, 1.54) is 6.07 Å². The molecule has 0 saturated heterocycles. The predicted molar refractivity (Wildman–Crippen MR) is 79.1 cm³/mol. The summed E-state index contributed by atoms with van der Waals surface area (Å²) in [6, 6.07) is 4.84.